The summed E-state index contributed by atoms with van der Waals surface area (Å²) < 4.78 is 28.6. The minimum absolute atomic E-state index is 0. The number of carbonyl (C=O) groups excluding carboxylic acids is 5. The third kappa shape index (κ3) is 12.5. The van der Waals surface area contributed by atoms with Crippen LogP contribution in [-0.4, -0.2) is 121 Å². The van der Waals surface area contributed by atoms with Gasteiger partial charge >= 0.3 is 0 Å². The van der Waals surface area contributed by atoms with Crippen molar-refractivity contribution >= 4 is 46.1 Å². The number of hydrogen-bond donors (Lipinski definition) is 2. The van der Waals surface area contributed by atoms with Gasteiger partial charge in [-0.2, -0.15) is 29.4 Å². The van der Waals surface area contributed by atoms with Crippen LogP contribution in [0.15, 0.2) is 84.8 Å². The molecule has 357 valence electrons. The number of nitrogen functional groups attached to an aromatic ring is 1. The number of benzene rings is 3. The van der Waals surface area contributed by atoms with Gasteiger partial charge in [-0.15, -0.1) is 5.56 Å². The number of likely N-dealkylation sites (N-methyl/N-ethyl adjacent to an activating group) is 1. The minimum Gasteiger partial charge on any atom is -0.457 e. The van der Waals surface area contributed by atoms with E-state index in [1.807, 2.05) is 44.0 Å². The largest absolute Gasteiger partial charge is 0.457 e. The van der Waals surface area contributed by atoms with E-state index in [4.69, 9.17) is 26.9 Å². The average Bonchev–Trinajstić information content (AvgIpc) is 4.03. The molecule has 3 aromatic carbocycles. The summed E-state index contributed by atoms with van der Waals surface area (Å²) in [6.45, 7) is 17.8. The summed E-state index contributed by atoms with van der Waals surface area (Å²) in [5.74, 6) is -0.493. The Morgan fingerprint density at radius 1 is 1.07 bits per heavy atom. The number of ether oxygens (including phenoxy) is 2. The first kappa shape index (κ1) is 52.0. The Kier molecular flexibility index (Phi) is 17.5. The fraction of sp³-hybridized carbons (Fsp3) is 0.360. The van der Waals surface area contributed by atoms with E-state index in [-0.39, 0.29) is 104 Å². The number of nitrogens with one attached hydrogen (secondary N) is 1. The van der Waals surface area contributed by atoms with E-state index in [2.05, 4.69) is 33.1 Å². The Balaban J connectivity index is 0.000000342. The molecule has 4 heterocycles. The van der Waals surface area contributed by atoms with Crippen molar-refractivity contribution in [3.8, 4) is 22.8 Å². The SMILES string of the molecule is O=C1CCC(N2Cc3[c-]cccc3C2=O)C(=O)C1.[C-]#[N+]/C(=C\C(C)(C)N(C)CCOCCNC([CH2-])=O)C(=O)N1CCC[C@H]1Cn1nc(-c2ccc(Oc3ccccc3)cc2F)c2c(N)ncnc21.[Y]. The number of anilines is 1. The van der Waals surface area contributed by atoms with Crippen molar-refractivity contribution < 1.29 is 70.5 Å². The van der Waals surface area contributed by atoms with Crippen LogP contribution in [0.25, 0.3) is 27.1 Å². The van der Waals surface area contributed by atoms with Gasteiger partial charge in [0.25, 0.3) is 5.91 Å². The van der Waals surface area contributed by atoms with E-state index in [0.29, 0.717) is 86.8 Å². The number of rotatable bonds is 15. The first-order valence-corrected chi connectivity index (χ1v) is 22.3. The Morgan fingerprint density at radius 3 is 2.57 bits per heavy atom. The molecule has 2 aromatic heterocycles. The van der Waals surface area contributed by atoms with Crippen molar-refractivity contribution in [1.82, 2.24) is 39.8 Å². The van der Waals surface area contributed by atoms with Crippen LogP contribution in [0.2, 0.25) is 0 Å². The molecule has 2 aliphatic heterocycles. The molecule has 69 heavy (non-hydrogen) atoms. The molecule has 8 rings (SSSR count). The van der Waals surface area contributed by atoms with Crippen LogP contribution in [0.1, 0.15) is 61.9 Å². The molecule has 2 fully saturated rings. The van der Waals surface area contributed by atoms with E-state index in [9.17, 15) is 24.0 Å². The molecule has 1 aliphatic carbocycles. The summed E-state index contributed by atoms with van der Waals surface area (Å²) >= 11 is 0. The van der Waals surface area contributed by atoms with Gasteiger partial charge in [0, 0.05) is 82.5 Å². The summed E-state index contributed by atoms with van der Waals surface area (Å²) in [5.41, 5.74) is 8.04. The van der Waals surface area contributed by atoms with Gasteiger partial charge < -0.3 is 42.0 Å². The van der Waals surface area contributed by atoms with Crippen LogP contribution in [0.5, 0.6) is 11.5 Å². The number of halogens is 1. The van der Waals surface area contributed by atoms with Crippen LogP contribution in [-0.2, 0) is 69.7 Å². The average molecular weight is 1010 g/mol. The topological polar surface area (TPSA) is 200 Å². The summed E-state index contributed by atoms with van der Waals surface area (Å²) in [6, 6.07) is 21.2. The molecule has 3 amide bonds. The second kappa shape index (κ2) is 23.3. The van der Waals surface area contributed by atoms with Crippen molar-refractivity contribution in [2.75, 3.05) is 45.6 Å². The molecule has 0 spiro atoms. The zero-order valence-corrected chi connectivity index (χ0v) is 41.7. The summed E-state index contributed by atoms with van der Waals surface area (Å²) in [5, 5.41) is 7.73. The zero-order valence-electron chi connectivity index (χ0n) is 38.8. The predicted molar refractivity (Wildman–Crippen MR) is 250 cm³/mol. The minimum atomic E-state index is -0.636. The maximum absolute atomic E-state index is 15.6. The van der Waals surface area contributed by atoms with Crippen molar-refractivity contribution in [2.45, 2.75) is 76.7 Å². The van der Waals surface area contributed by atoms with Gasteiger partial charge in [-0.1, -0.05) is 29.8 Å². The molecule has 2 atom stereocenters. The first-order chi connectivity index (χ1) is 32.6. The van der Waals surface area contributed by atoms with E-state index in [1.54, 1.807) is 63.0 Å². The number of carbonyl (C=O) groups is 5. The van der Waals surface area contributed by atoms with Crippen LogP contribution >= 0.6 is 0 Å². The number of hydrogen-bond acceptors (Lipinski definition) is 12. The predicted octanol–water partition coefficient (Wildman–Crippen LogP) is 5.61. The number of amides is 3. The number of nitrogens with two attached hydrogens (primary N) is 1. The third-order valence-corrected chi connectivity index (χ3v) is 12.3. The van der Waals surface area contributed by atoms with Crippen molar-refractivity contribution in [3.63, 3.8) is 0 Å². The van der Waals surface area contributed by atoms with Crippen LogP contribution < -0.4 is 15.8 Å². The fourth-order valence-electron chi connectivity index (χ4n) is 8.44. The van der Waals surface area contributed by atoms with Gasteiger partial charge in [-0.3, -0.25) is 24.1 Å². The molecule has 1 unspecified atom stereocenters. The van der Waals surface area contributed by atoms with Gasteiger partial charge in [-0.25, -0.2) is 23.9 Å². The molecule has 3 aliphatic rings. The maximum Gasteiger partial charge on any atom is 0.252 e. The standard InChI is InChI=1S/C36H41FN9O4.C14H12NO3.Y/c1-24(47)40-15-18-49-19-17-44(5)36(2,3)21-30(39-4)35(48)45-16-9-10-25(45)22-46-34-31(33(38)41-23-42-34)32(43-46)28-14-13-27(20-29(28)37)50-26-11-7-6-8-12-26;16-10-5-6-12(13(17)7-10)15-8-9-3-1-2-4-11(9)14(15)18;/h6-8,11-14,20-21,23,25H,1,9-10,15-19,22H2,2-3,5H3,(H,40,47)(H2,38,41,42);1-2,4,12H,5-8H2;/q2*-1;/b30-21-;;/t25-;;/m0../s1. The third-order valence-electron chi connectivity index (χ3n) is 12.3. The molecule has 1 saturated heterocycles. The number of para-hydroxylation sites is 1. The van der Waals surface area contributed by atoms with Crippen LogP contribution in [0.3, 0.4) is 0 Å². The summed E-state index contributed by atoms with van der Waals surface area (Å²) in [7, 11) is 1.89. The molecule has 1 radical (unpaired) electrons. The number of fused-ring (bicyclic) bond motifs is 2. The van der Waals surface area contributed by atoms with Crippen LogP contribution in [0, 0.1) is 25.4 Å². The molecular weight excluding hydrogens is 961 g/mol. The Labute approximate surface area is 425 Å². The second-order valence-corrected chi connectivity index (χ2v) is 17.3. The van der Waals surface area contributed by atoms with Crippen LogP contribution in [0.4, 0.5) is 10.2 Å². The van der Waals surface area contributed by atoms with Gasteiger partial charge in [0.15, 0.2) is 17.3 Å². The molecule has 17 nitrogen and oxygen atoms in total. The summed E-state index contributed by atoms with van der Waals surface area (Å²) in [4.78, 5) is 77.5. The molecule has 5 aromatic rings. The number of ketones is 2. The molecule has 0 bridgehead atoms. The Hall–Kier alpha value is -6.39. The van der Waals surface area contributed by atoms with Gasteiger partial charge in [0.1, 0.15) is 40.9 Å². The first-order valence-electron chi connectivity index (χ1n) is 22.3. The van der Waals surface area contributed by atoms with Gasteiger partial charge in [0.2, 0.25) is 5.70 Å². The smallest absolute Gasteiger partial charge is 0.252 e. The monoisotopic (exact) mass is 1010 g/mol. The quantitative estimate of drug-likeness (QED) is 0.0570. The van der Waals surface area contributed by atoms with Crippen molar-refractivity contribution in [1.29, 1.82) is 0 Å². The van der Waals surface area contributed by atoms with Crippen molar-refractivity contribution in [2.24, 2.45) is 0 Å². The fourth-order valence-corrected chi connectivity index (χ4v) is 8.44. The van der Waals surface area contributed by atoms with E-state index in [1.165, 1.54) is 12.4 Å². The second-order valence-electron chi connectivity index (χ2n) is 17.3. The number of likely N-dealkylation sites (tertiary alicyclic amines) is 1. The van der Waals surface area contributed by atoms with E-state index < -0.39 is 17.4 Å². The van der Waals surface area contributed by atoms with Crippen molar-refractivity contribution in [3.05, 3.63) is 126 Å². The van der Waals surface area contributed by atoms with E-state index in [0.717, 1.165) is 12.0 Å². The van der Waals surface area contributed by atoms with E-state index >= 15 is 4.39 Å². The Morgan fingerprint density at radius 2 is 1.86 bits per heavy atom. The molecule has 1 saturated carbocycles. The number of nitrogens with zero attached hydrogens (tertiary/aromatic N) is 8. The Bertz CT molecular complexity index is 2780. The van der Waals surface area contributed by atoms with Gasteiger partial charge in [-0.05, 0) is 64.4 Å². The summed E-state index contributed by atoms with van der Waals surface area (Å²) in [6.07, 6.45) is 5.26. The molecule has 3 N–H and O–H groups in total. The normalized spacial score (nSPS) is 17.0. The molecule has 19 heteroatoms. The number of aromatic nitrogens is 4. The zero-order chi connectivity index (χ0) is 48.5. The number of Topliss-reactive ketones (excluding diaryl/α,β-unsaturated/α-hetero) is 2. The maximum atomic E-state index is 15.6. The van der Waals surface area contributed by atoms with Gasteiger partial charge in [0.05, 0.1) is 56.1 Å². The molecular formula is C50H53FN10O7Y-2.